The Kier molecular flexibility index (Phi) is 5.55. The average molecular weight is 383 g/mol. The van der Waals surface area contributed by atoms with Crippen molar-refractivity contribution < 1.29 is 22.6 Å². The van der Waals surface area contributed by atoms with Gasteiger partial charge in [-0.1, -0.05) is 11.8 Å². The molecule has 0 fully saturated rings. The molecule has 138 valence electrons. The zero-order chi connectivity index (χ0) is 18.6. The van der Waals surface area contributed by atoms with Gasteiger partial charge < -0.3 is 9.47 Å². The second kappa shape index (κ2) is 7.86. The van der Waals surface area contributed by atoms with Crippen LogP contribution in [0.25, 0.3) is 5.65 Å². The average Bonchev–Trinajstić information content (AvgIpc) is 3.03. The van der Waals surface area contributed by atoms with Crippen LogP contribution in [-0.4, -0.2) is 34.1 Å². The molecule has 0 aliphatic rings. The van der Waals surface area contributed by atoms with Crippen LogP contribution >= 0.6 is 11.8 Å². The molecule has 0 spiro atoms. The summed E-state index contributed by atoms with van der Waals surface area (Å²) >= 11 is 1.34. The number of nitrogens with zero attached hydrogens (tertiary/aromatic N) is 3. The highest BCUT2D eigenvalue weighted by Crippen LogP contribution is 2.30. The monoisotopic (exact) mass is 383 g/mol. The highest BCUT2D eigenvalue weighted by atomic mass is 32.2. The molecule has 0 radical (unpaired) electrons. The van der Waals surface area contributed by atoms with Gasteiger partial charge in [0.15, 0.2) is 10.8 Å². The number of halogens is 3. The van der Waals surface area contributed by atoms with Crippen LogP contribution in [0.5, 0.6) is 11.5 Å². The van der Waals surface area contributed by atoms with E-state index in [1.165, 1.54) is 22.2 Å². The van der Waals surface area contributed by atoms with Crippen molar-refractivity contribution in [2.45, 2.75) is 17.8 Å². The number of alkyl halides is 3. The van der Waals surface area contributed by atoms with Crippen molar-refractivity contribution in [2.24, 2.45) is 0 Å². The van der Waals surface area contributed by atoms with Crippen molar-refractivity contribution in [3.05, 3.63) is 48.2 Å². The van der Waals surface area contributed by atoms with Crippen LogP contribution in [0.4, 0.5) is 13.2 Å². The van der Waals surface area contributed by atoms with Crippen molar-refractivity contribution >= 4 is 17.4 Å². The molecule has 5 nitrogen and oxygen atoms in total. The first-order valence-corrected chi connectivity index (χ1v) is 8.77. The van der Waals surface area contributed by atoms with Crippen LogP contribution in [0, 0.1) is 0 Å². The minimum absolute atomic E-state index is 0.384. The third-order valence-electron chi connectivity index (χ3n) is 3.55. The molecule has 2 aromatic heterocycles. The Bertz CT molecular complexity index is 866. The Morgan fingerprint density at radius 3 is 2.46 bits per heavy atom. The lowest BCUT2D eigenvalue weighted by Crippen LogP contribution is -2.06. The van der Waals surface area contributed by atoms with E-state index in [0.717, 1.165) is 23.8 Å². The third-order valence-corrected chi connectivity index (χ3v) is 4.58. The van der Waals surface area contributed by atoms with Crippen LogP contribution in [0.15, 0.2) is 47.8 Å². The topological polar surface area (TPSA) is 48.7 Å². The van der Waals surface area contributed by atoms with Crippen LogP contribution in [-0.2, 0) is 6.18 Å². The molecule has 26 heavy (non-hydrogen) atoms. The molecule has 0 saturated heterocycles. The predicted molar refractivity (Wildman–Crippen MR) is 91.8 cm³/mol. The molecule has 9 heteroatoms. The van der Waals surface area contributed by atoms with E-state index in [9.17, 15) is 13.2 Å². The molecule has 0 N–H and O–H groups in total. The molecular formula is C17H16F3N3O2S. The van der Waals surface area contributed by atoms with Crippen LogP contribution in [0.1, 0.15) is 12.0 Å². The fourth-order valence-corrected chi connectivity index (χ4v) is 3.05. The SMILES string of the molecule is COc1ccc(OCCCSc2nnc3ccc(C(F)(F)F)cn23)cc1. The molecule has 0 bridgehead atoms. The van der Waals surface area contributed by atoms with Gasteiger partial charge >= 0.3 is 6.18 Å². The summed E-state index contributed by atoms with van der Waals surface area (Å²) in [6, 6.07) is 9.57. The van der Waals surface area contributed by atoms with Gasteiger partial charge in [0.2, 0.25) is 0 Å². The molecule has 3 rings (SSSR count). The number of thioether (sulfide) groups is 1. The molecule has 0 saturated carbocycles. The summed E-state index contributed by atoms with van der Waals surface area (Å²) in [4.78, 5) is 0. The smallest absolute Gasteiger partial charge is 0.417 e. The van der Waals surface area contributed by atoms with Crippen LogP contribution < -0.4 is 9.47 Å². The molecule has 0 atom stereocenters. The fraction of sp³-hybridized carbons (Fsp3) is 0.294. The number of rotatable bonds is 7. The standard InChI is InChI=1S/C17H16F3N3O2S/c1-24-13-4-6-14(7-5-13)25-9-2-10-26-16-22-21-15-8-3-12(11-23(15)16)17(18,19)20/h3-8,11H,2,9-10H2,1H3. The van der Waals surface area contributed by atoms with Crippen molar-refractivity contribution in [3.8, 4) is 11.5 Å². The molecular weight excluding hydrogens is 367 g/mol. The first kappa shape index (κ1) is 18.4. The number of fused-ring (bicyclic) bond motifs is 1. The maximum absolute atomic E-state index is 12.8. The minimum atomic E-state index is -4.40. The Morgan fingerprint density at radius 2 is 1.77 bits per heavy atom. The summed E-state index contributed by atoms with van der Waals surface area (Å²) in [6.45, 7) is 0.490. The van der Waals surface area contributed by atoms with E-state index < -0.39 is 11.7 Å². The highest BCUT2D eigenvalue weighted by Gasteiger charge is 2.31. The number of benzene rings is 1. The predicted octanol–water partition coefficient (Wildman–Crippen LogP) is 4.32. The lowest BCUT2D eigenvalue weighted by molar-refractivity contribution is -0.137. The number of aromatic nitrogens is 3. The molecule has 1 aromatic carbocycles. The fourth-order valence-electron chi connectivity index (χ4n) is 2.22. The number of ether oxygens (including phenoxy) is 2. The van der Waals surface area contributed by atoms with Crippen LogP contribution in [0.3, 0.4) is 0 Å². The zero-order valence-corrected chi connectivity index (χ0v) is 14.7. The second-order valence-corrected chi connectivity index (χ2v) is 6.41. The van der Waals surface area contributed by atoms with Gasteiger partial charge in [0, 0.05) is 11.9 Å². The summed E-state index contributed by atoms with van der Waals surface area (Å²) in [5, 5.41) is 8.26. The molecule has 0 unspecified atom stereocenters. The van der Waals surface area contributed by atoms with Crippen LogP contribution in [0.2, 0.25) is 0 Å². The largest absolute Gasteiger partial charge is 0.497 e. The van der Waals surface area contributed by atoms with Gasteiger partial charge in [-0.05, 0) is 42.8 Å². The van der Waals surface area contributed by atoms with E-state index in [-0.39, 0.29) is 0 Å². The van der Waals surface area contributed by atoms with Crippen molar-refractivity contribution in [1.82, 2.24) is 14.6 Å². The Morgan fingerprint density at radius 1 is 1.04 bits per heavy atom. The minimum Gasteiger partial charge on any atom is -0.497 e. The summed E-state index contributed by atoms with van der Waals surface area (Å²) in [5.41, 5.74) is -0.343. The third kappa shape index (κ3) is 4.40. The summed E-state index contributed by atoms with van der Waals surface area (Å²) in [7, 11) is 1.60. The molecule has 2 heterocycles. The molecule has 0 amide bonds. The first-order chi connectivity index (χ1) is 12.5. The maximum Gasteiger partial charge on any atom is 0.417 e. The summed E-state index contributed by atoms with van der Waals surface area (Å²) in [6.07, 6.45) is -2.66. The quantitative estimate of drug-likeness (QED) is 0.449. The van der Waals surface area contributed by atoms with Crippen molar-refractivity contribution in [2.75, 3.05) is 19.5 Å². The highest BCUT2D eigenvalue weighted by molar-refractivity contribution is 7.99. The number of pyridine rings is 1. The van der Waals surface area contributed by atoms with Gasteiger partial charge in [-0.15, -0.1) is 10.2 Å². The Labute approximate surface area is 152 Å². The molecule has 0 aliphatic carbocycles. The summed E-state index contributed by atoms with van der Waals surface area (Å²) in [5.74, 6) is 2.14. The van der Waals surface area contributed by atoms with E-state index in [2.05, 4.69) is 10.2 Å². The number of hydrogen-bond donors (Lipinski definition) is 0. The summed E-state index contributed by atoms with van der Waals surface area (Å²) < 4.78 is 50.5. The van der Waals surface area contributed by atoms with Crippen molar-refractivity contribution in [3.63, 3.8) is 0 Å². The van der Waals surface area contributed by atoms with E-state index in [0.29, 0.717) is 29.6 Å². The molecule has 0 aliphatic heterocycles. The second-order valence-electron chi connectivity index (χ2n) is 5.35. The van der Waals surface area contributed by atoms with Gasteiger partial charge in [0.05, 0.1) is 19.3 Å². The van der Waals surface area contributed by atoms with Gasteiger partial charge in [0.1, 0.15) is 11.5 Å². The van der Waals surface area contributed by atoms with E-state index in [4.69, 9.17) is 9.47 Å². The lowest BCUT2D eigenvalue weighted by Gasteiger charge is -2.08. The van der Waals surface area contributed by atoms with E-state index >= 15 is 0 Å². The normalized spacial score (nSPS) is 11.7. The lowest BCUT2D eigenvalue weighted by atomic mass is 10.3. The number of methoxy groups -OCH3 is 1. The van der Waals surface area contributed by atoms with E-state index in [1.54, 1.807) is 7.11 Å². The van der Waals surface area contributed by atoms with Gasteiger partial charge in [-0.3, -0.25) is 4.40 Å². The van der Waals surface area contributed by atoms with E-state index in [1.807, 2.05) is 24.3 Å². The Balaban J connectivity index is 1.53. The maximum atomic E-state index is 12.8. The Hall–Kier alpha value is -2.42. The van der Waals surface area contributed by atoms with Crippen molar-refractivity contribution in [1.29, 1.82) is 0 Å². The first-order valence-electron chi connectivity index (χ1n) is 7.79. The van der Waals surface area contributed by atoms with Gasteiger partial charge in [-0.25, -0.2) is 0 Å². The van der Waals surface area contributed by atoms with Gasteiger partial charge in [0.25, 0.3) is 0 Å². The number of hydrogen-bond acceptors (Lipinski definition) is 5. The zero-order valence-electron chi connectivity index (χ0n) is 13.9. The molecule has 3 aromatic rings. The van der Waals surface area contributed by atoms with Gasteiger partial charge in [-0.2, -0.15) is 13.2 Å².